The molecule has 0 heterocycles. The highest BCUT2D eigenvalue weighted by molar-refractivity contribution is 7.99. The highest BCUT2D eigenvalue weighted by Crippen LogP contribution is 2.38. The molecule has 0 aliphatic heterocycles. The third kappa shape index (κ3) is 7.32. The van der Waals surface area contributed by atoms with Crippen LogP contribution in [0.1, 0.15) is 11.1 Å². The van der Waals surface area contributed by atoms with Crippen molar-refractivity contribution in [3.8, 4) is 0 Å². The summed E-state index contributed by atoms with van der Waals surface area (Å²) < 4.78 is 67.7. The van der Waals surface area contributed by atoms with Gasteiger partial charge in [-0.2, -0.15) is 13.2 Å². The molecular weight excluding hydrogens is 556 g/mol. The Morgan fingerprint density at radius 2 is 1.64 bits per heavy atom. The summed E-state index contributed by atoms with van der Waals surface area (Å²) in [6.45, 7) is 1.25. The van der Waals surface area contributed by atoms with Crippen LogP contribution >= 0.6 is 35.0 Å². The number of benzene rings is 3. The van der Waals surface area contributed by atoms with E-state index in [1.165, 1.54) is 23.9 Å². The largest absolute Gasteiger partial charge is 0.417 e. The molecule has 5 nitrogen and oxygen atoms in total. The Morgan fingerprint density at radius 1 is 1.00 bits per heavy atom. The van der Waals surface area contributed by atoms with Gasteiger partial charge in [0.25, 0.3) is 10.0 Å². The standard InChI is InChI=1S/C24H21Cl2F3N2O3S2/c1-16-2-9-20(10-3-16)36(33,34)31(18-6-11-22(26)21(14-18)24(27,28)29)15-23(32)30-12-13-35-19-7-4-17(25)5-8-19/h2-11,14H,12-13,15H2,1H3,(H,30,32). The minimum atomic E-state index is -4.81. The molecule has 0 radical (unpaired) electrons. The van der Waals surface area contributed by atoms with Crippen molar-refractivity contribution >= 4 is 56.6 Å². The lowest BCUT2D eigenvalue weighted by Gasteiger charge is -2.25. The number of halogens is 5. The predicted octanol–water partition coefficient (Wildman–Crippen LogP) is 6.42. The number of aryl methyl sites for hydroxylation is 1. The van der Waals surface area contributed by atoms with Crippen LogP contribution in [0, 0.1) is 6.92 Å². The molecule has 192 valence electrons. The van der Waals surface area contributed by atoms with E-state index in [9.17, 15) is 26.4 Å². The molecule has 3 aromatic rings. The smallest absolute Gasteiger partial charge is 0.354 e. The maximum absolute atomic E-state index is 13.4. The van der Waals surface area contributed by atoms with Crippen molar-refractivity contribution in [2.24, 2.45) is 0 Å². The molecule has 3 rings (SSSR count). The Kier molecular flexibility index (Phi) is 9.21. The van der Waals surface area contributed by atoms with Gasteiger partial charge in [-0.25, -0.2) is 8.42 Å². The fourth-order valence-electron chi connectivity index (χ4n) is 3.11. The summed E-state index contributed by atoms with van der Waals surface area (Å²) in [6.07, 6.45) is -4.81. The molecule has 3 aromatic carbocycles. The first-order valence-corrected chi connectivity index (χ1v) is 13.7. The van der Waals surface area contributed by atoms with E-state index < -0.39 is 39.2 Å². The van der Waals surface area contributed by atoms with Crippen LogP contribution in [0.2, 0.25) is 10.0 Å². The van der Waals surface area contributed by atoms with Gasteiger partial charge in [-0.3, -0.25) is 9.10 Å². The fraction of sp³-hybridized carbons (Fsp3) is 0.208. The van der Waals surface area contributed by atoms with Crippen molar-refractivity contribution in [3.05, 3.63) is 87.9 Å². The summed E-state index contributed by atoms with van der Waals surface area (Å²) in [5, 5.41) is 2.63. The van der Waals surface area contributed by atoms with Crippen molar-refractivity contribution < 1.29 is 26.4 Å². The van der Waals surface area contributed by atoms with E-state index in [-0.39, 0.29) is 17.1 Å². The van der Waals surface area contributed by atoms with E-state index in [0.717, 1.165) is 22.6 Å². The van der Waals surface area contributed by atoms with Gasteiger partial charge in [0.05, 0.1) is 21.2 Å². The number of nitrogens with one attached hydrogen (secondary N) is 1. The average molecular weight is 577 g/mol. The Hall–Kier alpha value is -2.40. The van der Waals surface area contributed by atoms with Crippen molar-refractivity contribution in [1.82, 2.24) is 5.32 Å². The van der Waals surface area contributed by atoms with Gasteiger partial charge in [0.15, 0.2) is 0 Å². The molecule has 0 atom stereocenters. The fourth-order valence-corrected chi connectivity index (χ4v) is 5.65. The maximum Gasteiger partial charge on any atom is 0.417 e. The predicted molar refractivity (Wildman–Crippen MR) is 137 cm³/mol. The monoisotopic (exact) mass is 576 g/mol. The van der Waals surface area contributed by atoms with Crippen LogP contribution in [0.3, 0.4) is 0 Å². The molecule has 36 heavy (non-hydrogen) atoms. The van der Waals surface area contributed by atoms with E-state index in [1.807, 2.05) is 12.1 Å². The van der Waals surface area contributed by atoms with Crippen LogP contribution in [0.25, 0.3) is 0 Å². The van der Waals surface area contributed by atoms with Gasteiger partial charge in [0.1, 0.15) is 6.54 Å². The second-order valence-electron chi connectivity index (χ2n) is 7.64. The first-order valence-electron chi connectivity index (χ1n) is 10.5. The zero-order chi connectivity index (χ0) is 26.5. The molecular formula is C24H21Cl2F3N2O3S2. The lowest BCUT2D eigenvalue weighted by atomic mass is 10.2. The number of sulfonamides is 1. The number of nitrogens with zero attached hydrogens (tertiary/aromatic N) is 1. The van der Waals surface area contributed by atoms with Crippen LogP contribution in [-0.2, 0) is 21.0 Å². The molecule has 0 aliphatic rings. The number of thioether (sulfide) groups is 1. The summed E-state index contributed by atoms with van der Waals surface area (Å²) in [5.74, 6) is -0.192. The van der Waals surface area contributed by atoms with Crippen LogP contribution in [0.4, 0.5) is 18.9 Å². The Balaban J connectivity index is 1.82. The molecule has 12 heteroatoms. The van der Waals surface area contributed by atoms with Crippen molar-refractivity contribution in [2.45, 2.75) is 22.9 Å². The van der Waals surface area contributed by atoms with Crippen LogP contribution < -0.4 is 9.62 Å². The van der Waals surface area contributed by atoms with E-state index >= 15 is 0 Å². The molecule has 0 aliphatic carbocycles. The van der Waals surface area contributed by atoms with Gasteiger partial charge in [-0.1, -0.05) is 40.9 Å². The van der Waals surface area contributed by atoms with Crippen molar-refractivity contribution in [2.75, 3.05) is 23.1 Å². The second kappa shape index (κ2) is 11.8. The van der Waals surface area contributed by atoms with Gasteiger partial charge in [-0.05, 0) is 61.5 Å². The number of hydrogen-bond donors (Lipinski definition) is 1. The quantitative estimate of drug-likeness (QED) is 0.235. The molecule has 0 saturated heterocycles. The zero-order valence-corrected chi connectivity index (χ0v) is 22.0. The maximum atomic E-state index is 13.4. The Bertz CT molecular complexity index is 1320. The van der Waals surface area contributed by atoms with Crippen molar-refractivity contribution in [3.63, 3.8) is 0 Å². The van der Waals surface area contributed by atoms with E-state index in [2.05, 4.69) is 5.32 Å². The molecule has 0 saturated carbocycles. The van der Waals surface area contributed by atoms with Gasteiger partial charge >= 0.3 is 6.18 Å². The van der Waals surface area contributed by atoms with E-state index in [4.69, 9.17) is 23.2 Å². The first kappa shape index (κ1) is 28.2. The summed E-state index contributed by atoms with van der Waals surface area (Å²) in [7, 11) is -4.37. The number of anilines is 1. The highest BCUT2D eigenvalue weighted by atomic mass is 35.5. The summed E-state index contributed by atoms with van der Waals surface area (Å²) in [6, 6.07) is 15.6. The zero-order valence-electron chi connectivity index (χ0n) is 18.9. The second-order valence-corrected chi connectivity index (χ2v) is 11.5. The minimum absolute atomic E-state index is 0.164. The molecule has 1 amide bonds. The minimum Gasteiger partial charge on any atom is -0.354 e. The summed E-state index contributed by atoms with van der Waals surface area (Å²) in [4.78, 5) is 13.4. The molecule has 1 N–H and O–H groups in total. The normalized spacial score (nSPS) is 11.8. The van der Waals surface area contributed by atoms with Crippen LogP contribution in [-0.4, -0.2) is 33.2 Å². The summed E-state index contributed by atoms with van der Waals surface area (Å²) >= 11 is 13.0. The van der Waals surface area contributed by atoms with Crippen LogP contribution in [0.5, 0.6) is 0 Å². The lowest BCUT2D eigenvalue weighted by Crippen LogP contribution is -2.41. The number of hydrogen-bond acceptors (Lipinski definition) is 4. The number of amides is 1. The highest BCUT2D eigenvalue weighted by Gasteiger charge is 2.35. The average Bonchev–Trinajstić information content (AvgIpc) is 2.81. The van der Waals surface area contributed by atoms with E-state index in [1.54, 1.807) is 31.2 Å². The molecule has 0 bridgehead atoms. The van der Waals surface area contributed by atoms with Gasteiger partial charge in [-0.15, -0.1) is 11.8 Å². The Labute approximate surface area is 221 Å². The first-order chi connectivity index (χ1) is 16.9. The third-order valence-electron chi connectivity index (χ3n) is 4.95. The van der Waals surface area contributed by atoms with Crippen LogP contribution in [0.15, 0.2) is 76.5 Å². The SMILES string of the molecule is Cc1ccc(S(=O)(=O)N(CC(=O)NCCSc2ccc(Cl)cc2)c2ccc(Cl)c(C(F)(F)F)c2)cc1. The molecule has 0 spiro atoms. The van der Waals surface area contributed by atoms with Gasteiger partial charge in [0, 0.05) is 22.2 Å². The van der Waals surface area contributed by atoms with E-state index in [0.29, 0.717) is 21.1 Å². The summed E-state index contributed by atoms with van der Waals surface area (Å²) in [5.41, 5.74) is -0.745. The molecule has 0 unspecified atom stereocenters. The number of carbonyl (C=O) groups is 1. The number of alkyl halides is 3. The van der Waals surface area contributed by atoms with Crippen molar-refractivity contribution in [1.29, 1.82) is 0 Å². The molecule has 0 aromatic heterocycles. The van der Waals surface area contributed by atoms with Gasteiger partial charge in [0.2, 0.25) is 5.91 Å². The number of carbonyl (C=O) groups excluding carboxylic acids is 1. The number of rotatable bonds is 9. The Morgan fingerprint density at radius 3 is 2.25 bits per heavy atom. The van der Waals surface area contributed by atoms with Gasteiger partial charge < -0.3 is 5.32 Å². The lowest BCUT2D eigenvalue weighted by molar-refractivity contribution is -0.137. The molecule has 0 fully saturated rings. The topological polar surface area (TPSA) is 66.5 Å². The third-order valence-corrected chi connectivity index (χ3v) is 8.33.